The van der Waals surface area contributed by atoms with E-state index in [0.717, 1.165) is 24.9 Å². The zero-order chi connectivity index (χ0) is 11.8. The van der Waals surface area contributed by atoms with E-state index in [0.29, 0.717) is 12.0 Å². The third-order valence-electron chi connectivity index (χ3n) is 3.81. The highest BCUT2D eigenvalue weighted by Gasteiger charge is 2.36. The van der Waals surface area contributed by atoms with Gasteiger partial charge in [0.1, 0.15) is 6.04 Å². The Morgan fingerprint density at radius 2 is 2.18 bits per heavy atom. The fourth-order valence-electron chi connectivity index (χ4n) is 2.53. The average molecular weight is 230 g/mol. The minimum absolute atomic E-state index is 0.131. The number of hydrogen-bond acceptors (Lipinski definition) is 2. The molecule has 1 heterocycles. The second kappa shape index (κ2) is 4.15. The number of fused-ring (bicyclic) bond motifs is 1. The maximum atomic E-state index is 12.2. The molecule has 1 aromatic carbocycles. The second-order valence-corrected chi connectivity index (χ2v) is 5.16. The number of amides is 1. The fourth-order valence-corrected chi connectivity index (χ4v) is 2.53. The van der Waals surface area contributed by atoms with Gasteiger partial charge in [-0.05, 0) is 29.9 Å². The predicted octanol–water partition coefficient (Wildman–Crippen LogP) is 1.40. The highest BCUT2D eigenvalue weighted by Crippen LogP contribution is 2.30. The lowest BCUT2D eigenvalue weighted by atomic mass is 9.94. The standard InChI is InChI=1S/C14H18N2O/c1-9-8-12(9)16-14(17)13-11-5-3-2-4-10(11)6-7-15-13/h2-5,9,12-13,15H,6-8H2,1H3,(H,16,17). The summed E-state index contributed by atoms with van der Waals surface area (Å²) in [6.45, 7) is 3.06. The van der Waals surface area contributed by atoms with Crippen molar-refractivity contribution in [3.8, 4) is 0 Å². The minimum Gasteiger partial charge on any atom is -0.351 e. The van der Waals surface area contributed by atoms with Gasteiger partial charge in [0, 0.05) is 12.6 Å². The normalized spacial score (nSPS) is 30.5. The molecular formula is C14H18N2O. The zero-order valence-corrected chi connectivity index (χ0v) is 10.1. The van der Waals surface area contributed by atoms with Gasteiger partial charge >= 0.3 is 0 Å². The first kappa shape index (κ1) is 10.8. The summed E-state index contributed by atoms with van der Waals surface area (Å²) in [6, 6.07) is 8.47. The van der Waals surface area contributed by atoms with Gasteiger partial charge in [-0.1, -0.05) is 31.2 Å². The molecule has 2 aliphatic rings. The van der Waals surface area contributed by atoms with Gasteiger partial charge in [0.15, 0.2) is 0 Å². The van der Waals surface area contributed by atoms with Gasteiger partial charge in [0.05, 0.1) is 0 Å². The summed E-state index contributed by atoms with van der Waals surface area (Å²) < 4.78 is 0. The molecular weight excluding hydrogens is 212 g/mol. The van der Waals surface area contributed by atoms with E-state index in [2.05, 4.69) is 29.7 Å². The fraction of sp³-hybridized carbons (Fsp3) is 0.500. The van der Waals surface area contributed by atoms with Crippen LogP contribution in [-0.2, 0) is 11.2 Å². The molecule has 1 saturated carbocycles. The molecule has 1 aliphatic heterocycles. The molecule has 0 radical (unpaired) electrons. The van der Waals surface area contributed by atoms with Crippen LogP contribution in [0.5, 0.6) is 0 Å². The molecule has 17 heavy (non-hydrogen) atoms. The van der Waals surface area contributed by atoms with E-state index in [4.69, 9.17) is 0 Å². The molecule has 1 fully saturated rings. The Labute approximate surface area is 102 Å². The van der Waals surface area contributed by atoms with E-state index in [1.54, 1.807) is 0 Å². The van der Waals surface area contributed by atoms with Crippen molar-refractivity contribution in [3.05, 3.63) is 35.4 Å². The molecule has 0 spiro atoms. The van der Waals surface area contributed by atoms with E-state index in [1.165, 1.54) is 5.56 Å². The van der Waals surface area contributed by atoms with Crippen LogP contribution in [0.3, 0.4) is 0 Å². The molecule has 0 aromatic heterocycles. The minimum atomic E-state index is -0.159. The van der Waals surface area contributed by atoms with E-state index in [9.17, 15) is 4.79 Å². The summed E-state index contributed by atoms with van der Waals surface area (Å²) in [5.41, 5.74) is 2.44. The van der Waals surface area contributed by atoms with Crippen molar-refractivity contribution >= 4 is 5.91 Å². The number of rotatable bonds is 2. The monoisotopic (exact) mass is 230 g/mol. The van der Waals surface area contributed by atoms with Gasteiger partial charge in [-0.15, -0.1) is 0 Å². The third-order valence-corrected chi connectivity index (χ3v) is 3.81. The van der Waals surface area contributed by atoms with E-state index in [-0.39, 0.29) is 11.9 Å². The van der Waals surface area contributed by atoms with Crippen molar-refractivity contribution in [2.75, 3.05) is 6.54 Å². The average Bonchev–Trinajstić information content (AvgIpc) is 3.04. The Kier molecular flexibility index (Phi) is 2.63. The molecule has 90 valence electrons. The third kappa shape index (κ3) is 2.07. The molecule has 0 saturated heterocycles. The summed E-state index contributed by atoms with van der Waals surface area (Å²) in [5, 5.41) is 6.42. The molecule has 3 unspecified atom stereocenters. The first-order chi connectivity index (χ1) is 8.25. The number of benzene rings is 1. The zero-order valence-electron chi connectivity index (χ0n) is 10.1. The predicted molar refractivity (Wildman–Crippen MR) is 66.6 cm³/mol. The molecule has 1 amide bonds. The van der Waals surface area contributed by atoms with Crippen molar-refractivity contribution in [2.24, 2.45) is 5.92 Å². The number of hydrogen-bond donors (Lipinski definition) is 2. The Morgan fingerprint density at radius 1 is 1.41 bits per heavy atom. The van der Waals surface area contributed by atoms with Crippen molar-refractivity contribution < 1.29 is 4.79 Å². The topological polar surface area (TPSA) is 41.1 Å². The highest BCUT2D eigenvalue weighted by atomic mass is 16.2. The quantitative estimate of drug-likeness (QED) is 0.806. The van der Waals surface area contributed by atoms with Crippen LogP contribution in [0.2, 0.25) is 0 Å². The van der Waals surface area contributed by atoms with Gasteiger partial charge in [-0.25, -0.2) is 0 Å². The molecule has 3 atom stereocenters. The number of carbonyl (C=O) groups is 1. The first-order valence-corrected chi connectivity index (χ1v) is 6.37. The summed E-state index contributed by atoms with van der Waals surface area (Å²) in [7, 11) is 0. The van der Waals surface area contributed by atoms with Gasteiger partial charge in [-0.3, -0.25) is 4.79 Å². The van der Waals surface area contributed by atoms with Crippen molar-refractivity contribution in [2.45, 2.75) is 31.8 Å². The summed E-state index contributed by atoms with van der Waals surface area (Å²) in [5.74, 6) is 0.782. The second-order valence-electron chi connectivity index (χ2n) is 5.16. The van der Waals surface area contributed by atoms with Crippen LogP contribution in [0.15, 0.2) is 24.3 Å². The van der Waals surface area contributed by atoms with Crippen molar-refractivity contribution in [1.82, 2.24) is 10.6 Å². The van der Waals surface area contributed by atoms with E-state index < -0.39 is 0 Å². The summed E-state index contributed by atoms with van der Waals surface area (Å²) in [6.07, 6.45) is 2.14. The lowest BCUT2D eigenvalue weighted by Gasteiger charge is -2.26. The molecule has 1 aliphatic carbocycles. The van der Waals surface area contributed by atoms with Crippen LogP contribution in [0.1, 0.15) is 30.5 Å². The lowest BCUT2D eigenvalue weighted by molar-refractivity contribution is -0.123. The van der Waals surface area contributed by atoms with E-state index >= 15 is 0 Å². The first-order valence-electron chi connectivity index (χ1n) is 6.37. The van der Waals surface area contributed by atoms with Gasteiger partial charge in [0.25, 0.3) is 0 Å². The molecule has 1 aromatic rings. The highest BCUT2D eigenvalue weighted by molar-refractivity contribution is 5.84. The van der Waals surface area contributed by atoms with Crippen LogP contribution < -0.4 is 10.6 Å². The Balaban J connectivity index is 1.77. The van der Waals surface area contributed by atoms with Crippen LogP contribution >= 0.6 is 0 Å². The van der Waals surface area contributed by atoms with Crippen LogP contribution in [-0.4, -0.2) is 18.5 Å². The molecule has 0 bridgehead atoms. The van der Waals surface area contributed by atoms with Gasteiger partial charge < -0.3 is 10.6 Å². The Hall–Kier alpha value is -1.35. The lowest BCUT2D eigenvalue weighted by Crippen LogP contribution is -2.42. The number of carbonyl (C=O) groups excluding carboxylic acids is 1. The Morgan fingerprint density at radius 3 is 2.94 bits per heavy atom. The smallest absolute Gasteiger partial charge is 0.241 e. The van der Waals surface area contributed by atoms with Gasteiger partial charge in [0.2, 0.25) is 5.91 Å². The Bertz CT molecular complexity index is 444. The van der Waals surface area contributed by atoms with Crippen LogP contribution in [0.4, 0.5) is 0 Å². The van der Waals surface area contributed by atoms with Crippen LogP contribution in [0, 0.1) is 5.92 Å². The van der Waals surface area contributed by atoms with Crippen LogP contribution in [0.25, 0.3) is 0 Å². The summed E-state index contributed by atoms with van der Waals surface area (Å²) >= 11 is 0. The SMILES string of the molecule is CC1CC1NC(=O)C1NCCc2ccccc21. The molecule has 2 N–H and O–H groups in total. The van der Waals surface area contributed by atoms with Gasteiger partial charge in [-0.2, -0.15) is 0 Å². The van der Waals surface area contributed by atoms with E-state index in [1.807, 2.05) is 12.1 Å². The molecule has 3 nitrogen and oxygen atoms in total. The largest absolute Gasteiger partial charge is 0.351 e. The maximum absolute atomic E-state index is 12.2. The number of nitrogens with one attached hydrogen (secondary N) is 2. The maximum Gasteiger partial charge on any atom is 0.241 e. The molecule has 3 rings (SSSR count). The summed E-state index contributed by atoms with van der Waals surface area (Å²) in [4.78, 5) is 12.2. The van der Waals surface area contributed by atoms with Crippen molar-refractivity contribution in [1.29, 1.82) is 0 Å². The van der Waals surface area contributed by atoms with Crippen molar-refractivity contribution in [3.63, 3.8) is 0 Å². The molecule has 3 heteroatoms.